The van der Waals surface area contributed by atoms with E-state index in [0.29, 0.717) is 29.4 Å². The van der Waals surface area contributed by atoms with Crippen LogP contribution in [0.5, 0.6) is 0 Å². The minimum Gasteiger partial charge on any atom is -0.351 e. The van der Waals surface area contributed by atoms with Crippen LogP contribution in [0.2, 0.25) is 0 Å². The van der Waals surface area contributed by atoms with Crippen LogP contribution >= 0.6 is 0 Å². The van der Waals surface area contributed by atoms with E-state index in [-0.39, 0.29) is 11.5 Å². The molecule has 1 fully saturated rings. The molecule has 24 heavy (non-hydrogen) atoms. The predicted octanol–water partition coefficient (Wildman–Crippen LogP) is 3.18. The summed E-state index contributed by atoms with van der Waals surface area (Å²) in [4.78, 5) is 24.0. The molecule has 1 N–H and O–H groups in total. The Kier molecular flexibility index (Phi) is 4.46. The first-order chi connectivity index (χ1) is 11.5. The number of hydrogen-bond acceptors (Lipinski definition) is 6. The molecule has 0 bridgehead atoms. The normalized spacial score (nSPS) is 20.8. The summed E-state index contributed by atoms with van der Waals surface area (Å²) in [7, 11) is 0. The predicted molar refractivity (Wildman–Crippen MR) is 90.3 cm³/mol. The molecule has 0 aliphatic heterocycles. The van der Waals surface area contributed by atoms with E-state index in [2.05, 4.69) is 27.2 Å². The Bertz CT molecular complexity index is 757. The number of hydrogen-bond donors (Lipinski definition) is 1. The number of rotatable bonds is 4. The summed E-state index contributed by atoms with van der Waals surface area (Å²) in [6.07, 6.45) is 7.96. The summed E-state index contributed by atoms with van der Waals surface area (Å²) in [5.74, 6) is 1.89. The summed E-state index contributed by atoms with van der Waals surface area (Å²) in [5, 5.41) is 14.9. The summed E-state index contributed by atoms with van der Waals surface area (Å²) in [6.45, 7) is 5.65. The Morgan fingerprint density at radius 3 is 2.67 bits per heavy atom. The van der Waals surface area contributed by atoms with Crippen molar-refractivity contribution in [3.63, 3.8) is 0 Å². The molecule has 8 nitrogen and oxygen atoms in total. The van der Waals surface area contributed by atoms with Gasteiger partial charge >= 0.3 is 5.69 Å². The zero-order valence-electron chi connectivity index (χ0n) is 14.2. The van der Waals surface area contributed by atoms with E-state index < -0.39 is 4.92 Å². The third-order valence-corrected chi connectivity index (χ3v) is 4.70. The average molecular weight is 330 g/mol. The van der Waals surface area contributed by atoms with Gasteiger partial charge in [0, 0.05) is 18.4 Å². The van der Waals surface area contributed by atoms with Gasteiger partial charge in [-0.05, 0) is 32.6 Å². The summed E-state index contributed by atoms with van der Waals surface area (Å²) >= 11 is 0. The highest BCUT2D eigenvalue weighted by atomic mass is 16.6. The molecule has 0 spiro atoms. The smallest absolute Gasteiger partial charge is 0.333 e. The van der Waals surface area contributed by atoms with Crippen molar-refractivity contribution >= 4 is 11.6 Å². The Hall–Kier alpha value is -2.51. The molecule has 2 aromatic rings. The Morgan fingerprint density at radius 2 is 2.04 bits per heavy atom. The molecular formula is C16H22N6O2. The maximum absolute atomic E-state index is 11.5. The van der Waals surface area contributed by atoms with Gasteiger partial charge in [0.1, 0.15) is 11.5 Å². The molecule has 0 amide bonds. The van der Waals surface area contributed by atoms with E-state index in [1.54, 1.807) is 30.8 Å². The zero-order chi connectivity index (χ0) is 17.3. The number of aromatic nitrogens is 4. The summed E-state index contributed by atoms with van der Waals surface area (Å²) in [6, 6.07) is 0.302. The maximum Gasteiger partial charge on any atom is 0.333 e. The van der Waals surface area contributed by atoms with Crippen molar-refractivity contribution in [1.29, 1.82) is 0 Å². The molecule has 8 heteroatoms. The molecule has 2 aromatic heterocycles. The molecule has 0 saturated heterocycles. The fraction of sp³-hybridized carbons (Fsp3) is 0.562. The van der Waals surface area contributed by atoms with Gasteiger partial charge in [-0.25, -0.2) is 9.97 Å². The van der Waals surface area contributed by atoms with Crippen LogP contribution in [0.1, 0.15) is 44.1 Å². The lowest BCUT2D eigenvalue weighted by atomic mass is 9.86. The van der Waals surface area contributed by atoms with Crippen LogP contribution in [-0.2, 0) is 0 Å². The van der Waals surface area contributed by atoms with Gasteiger partial charge in [-0.1, -0.05) is 19.8 Å². The van der Waals surface area contributed by atoms with Gasteiger partial charge in [0.25, 0.3) is 0 Å². The van der Waals surface area contributed by atoms with E-state index in [4.69, 9.17) is 0 Å². The molecule has 2 heterocycles. The second kappa shape index (κ2) is 6.54. The Labute approximate surface area is 140 Å². The Morgan fingerprint density at radius 1 is 1.29 bits per heavy atom. The van der Waals surface area contributed by atoms with Crippen LogP contribution in [0, 0.1) is 29.9 Å². The first-order valence-electron chi connectivity index (χ1n) is 8.27. The Balaban J connectivity index is 2.01. The fourth-order valence-corrected chi connectivity index (χ4v) is 3.30. The topological polar surface area (TPSA) is 98.8 Å². The van der Waals surface area contributed by atoms with Gasteiger partial charge in [-0.15, -0.1) is 0 Å². The second-order valence-corrected chi connectivity index (χ2v) is 6.42. The molecule has 2 atom stereocenters. The average Bonchev–Trinajstić information content (AvgIpc) is 2.94. The number of anilines is 1. The fourth-order valence-electron chi connectivity index (χ4n) is 3.30. The first kappa shape index (κ1) is 16.4. The lowest BCUT2D eigenvalue weighted by Crippen LogP contribution is -2.31. The van der Waals surface area contributed by atoms with E-state index in [1.165, 1.54) is 19.3 Å². The van der Waals surface area contributed by atoms with Crippen molar-refractivity contribution in [2.75, 3.05) is 5.32 Å². The van der Waals surface area contributed by atoms with Gasteiger partial charge < -0.3 is 5.32 Å². The van der Waals surface area contributed by atoms with Gasteiger partial charge in [0.05, 0.1) is 4.92 Å². The quantitative estimate of drug-likeness (QED) is 0.683. The van der Waals surface area contributed by atoms with Crippen LogP contribution in [0.4, 0.5) is 11.6 Å². The molecule has 1 aliphatic carbocycles. The van der Waals surface area contributed by atoms with Crippen molar-refractivity contribution < 1.29 is 4.92 Å². The SMILES string of the molecule is Cc1nc(N[C@@H]2CCCC[C@@H]2C)nc(-n2ccnc2C)c1[N+](=O)[O-]. The van der Waals surface area contributed by atoms with Crippen molar-refractivity contribution in [1.82, 2.24) is 19.5 Å². The summed E-state index contributed by atoms with van der Waals surface area (Å²) < 4.78 is 1.63. The van der Waals surface area contributed by atoms with Gasteiger partial charge in [-0.2, -0.15) is 4.98 Å². The molecule has 0 unspecified atom stereocenters. The molecule has 128 valence electrons. The highest BCUT2D eigenvalue weighted by Gasteiger charge is 2.27. The van der Waals surface area contributed by atoms with Crippen LogP contribution in [0.3, 0.4) is 0 Å². The van der Waals surface area contributed by atoms with Crippen LogP contribution in [0.25, 0.3) is 5.82 Å². The molecule has 0 aromatic carbocycles. The van der Waals surface area contributed by atoms with Crippen LogP contribution < -0.4 is 5.32 Å². The number of imidazole rings is 1. The standard InChI is InChI=1S/C16H22N6O2/c1-10-6-4-5-7-13(10)19-16-18-11(2)14(22(23)24)15(20-16)21-9-8-17-12(21)3/h8-10,13H,4-7H2,1-3H3,(H,18,19,20)/t10-,13+/m0/s1. The highest BCUT2D eigenvalue weighted by Crippen LogP contribution is 2.29. The lowest BCUT2D eigenvalue weighted by Gasteiger charge is -2.29. The lowest BCUT2D eigenvalue weighted by molar-refractivity contribution is -0.385. The van der Waals surface area contributed by atoms with Crippen molar-refractivity contribution in [2.45, 2.75) is 52.5 Å². The minimum atomic E-state index is -0.433. The van der Waals surface area contributed by atoms with Crippen molar-refractivity contribution in [3.8, 4) is 5.82 Å². The van der Waals surface area contributed by atoms with Crippen LogP contribution in [-0.4, -0.2) is 30.5 Å². The summed E-state index contributed by atoms with van der Waals surface area (Å²) in [5.41, 5.74) is 0.266. The van der Waals surface area contributed by atoms with Gasteiger partial charge in [0.15, 0.2) is 0 Å². The largest absolute Gasteiger partial charge is 0.351 e. The number of aryl methyl sites for hydroxylation is 2. The highest BCUT2D eigenvalue weighted by molar-refractivity contribution is 5.54. The van der Waals surface area contributed by atoms with Crippen LogP contribution in [0.15, 0.2) is 12.4 Å². The van der Waals surface area contributed by atoms with Crippen molar-refractivity contribution in [2.24, 2.45) is 5.92 Å². The third kappa shape index (κ3) is 3.08. The van der Waals surface area contributed by atoms with E-state index in [9.17, 15) is 10.1 Å². The third-order valence-electron chi connectivity index (χ3n) is 4.70. The first-order valence-corrected chi connectivity index (χ1v) is 8.27. The molecule has 0 radical (unpaired) electrons. The zero-order valence-corrected chi connectivity index (χ0v) is 14.2. The monoisotopic (exact) mass is 330 g/mol. The van der Waals surface area contributed by atoms with Crippen molar-refractivity contribution in [3.05, 3.63) is 34.0 Å². The molecule has 1 aliphatic rings. The molecule has 1 saturated carbocycles. The number of nitro groups is 1. The molecular weight excluding hydrogens is 308 g/mol. The van der Waals surface area contributed by atoms with Gasteiger partial charge in [-0.3, -0.25) is 14.7 Å². The molecule has 3 rings (SSSR count). The number of nitrogens with zero attached hydrogens (tertiary/aromatic N) is 5. The van der Waals surface area contributed by atoms with E-state index in [1.807, 2.05) is 0 Å². The minimum absolute atomic E-state index is 0.0849. The van der Waals surface area contributed by atoms with Gasteiger partial charge in [0.2, 0.25) is 11.8 Å². The van der Waals surface area contributed by atoms with E-state index >= 15 is 0 Å². The van der Waals surface area contributed by atoms with E-state index in [0.717, 1.165) is 6.42 Å². The maximum atomic E-state index is 11.5. The second-order valence-electron chi connectivity index (χ2n) is 6.42. The number of nitrogens with one attached hydrogen (secondary N) is 1.